The summed E-state index contributed by atoms with van der Waals surface area (Å²) in [6, 6.07) is 23.1. The summed E-state index contributed by atoms with van der Waals surface area (Å²) >= 11 is 0. The molecule has 2 aromatic rings. The lowest BCUT2D eigenvalue weighted by molar-refractivity contribution is -0.0483. The Morgan fingerprint density at radius 1 is 0.650 bits per heavy atom. The van der Waals surface area contributed by atoms with Gasteiger partial charge in [0.1, 0.15) is 5.60 Å². The van der Waals surface area contributed by atoms with E-state index in [1.807, 2.05) is 39.5 Å². The molecule has 4 fully saturated rings. The number of rotatable bonds is 13. The van der Waals surface area contributed by atoms with Gasteiger partial charge in [-0.05, 0) is 161 Å². The average molecular weight is 833 g/mol. The summed E-state index contributed by atoms with van der Waals surface area (Å²) in [5, 5.41) is 9.42. The van der Waals surface area contributed by atoms with Crippen LogP contribution < -0.4 is 5.73 Å². The van der Waals surface area contributed by atoms with Crippen molar-refractivity contribution >= 4 is 12.2 Å². The summed E-state index contributed by atoms with van der Waals surface area (Å²) in [7, 11) is 0. The number of hydrogen-bond donors (Lipinski definition) is 2. The molecule has 2 amide bonds. The van der Waals surface area contributed by atoms with Gasteiger partial charge in [-0.25, -0.2) is 9.59 Å². The third-order valence-corrected chi connectivity index (χ3v) is 13.6. The summed E-state index contributed by atoms with van der Waals surface area (Å²) in [5.74, 6) is 1.51. The molecule has 60 heavy (non-hydrogen) atoms. The number of nitrogens with two attached hydrogens (primary N) is 1. The first-order valence-corrected chi connectivity index (χ1v) is 23.5. The molecule has 0 radical (unpaired) electrons. The molecule has 0 spiro atoms. The highest BCUT2D eigenvalue weighted by molar-refractivity contribution is 5.69. The van der Waals surface area contributed by atoms with Crippen LogP contribution in [0.15, 0.2) is 60.7 Å². The minimum atomic E-state index is -0.811. The fourth-order valence-electron chi connectivity index (χ4n) is 10.4. The Kier molecular flexibility index (Phi) is 18.6. The normalized spacial score (nSPS) is 30.0. The van der Waals surface area contributed by atoms with Gasteiger partial charge < -0.3 is 34.9 Å². The Morgan fingerprint density at radius 3 is 1.45 bits per heavy atom. The average Bonchev–Trinajstić information content (AvgIpc) is 3.18. The Bertz CT molecular complexity index is 1480. The van der Waals surface area contributed by atoms with Crippen molar-refractivity contribution in [1.29, 1.82) is 0 Å². The molecule has 2 aliphatic heterocycles. The second-order valence-corrected chi connectivity index (χ2v) is 19.8. The van der Waals surface area contributed by atoms with Crippen molar-refractivity contribution in [3.8, 4) is 0 Å². The Balaban J connectivity index is 0.000000241. The van der Waals surface area contributed by atoms with E-state index in [0.29, 0.717) is 12.1 Å². The molecule has 6 atom stereocenters. The number of piperidine rings is 2. The highest BCUT2D eigenvalue weighted by Gasteiger charge is 2.37. The van der Waals surface area contributed by atoms with Crippen molar-refractivity contribution in [3.05, 3.63) is 71.8 Å². The van der Waals surface area contributed by atoms with E-state index >= 15 is 0 Å². The SMILES string of the molecule is C[C@@H]1CC(OCC[C@H]2CC[C@H](N(Cc3ccccc3)Cc3ccccc3)CC2)C[C@H](C)N1C(=O)O.C[C@@H]1CC(OCC[C@H]2CC[C@H](N)CC2)C[C@H](C)N1C(=O)OC(C)(C)C. The van der Waals surface area contributed by atoms with Crippen LogP contribution in [-0.4, -0.2) is 99.3 Å². The third-order valence-electron chi connectivity index (χ3n) is 13.6. The second-order valence-electron chi connectivity index (χ2n) is 19.8. The molecule has 2 unspecified atom stereocenters. The predicted octanol–water partition coefficient (Wildman–Crippen LogP) is 10.7. The van der Waals surface area contributed by atoms with Gasteiger partial charge >= 0.3 is 12.2 Å². The number of amides is 2. The van der Waals surface area contributed by atoms with E-state index in [2.05, 4.69) is 79.4 Å². The zero-order chi connectivity index (χ0) is 43.2. The number of hydrogen-bond acceptors (Lipinski definition) is 7. The highest BCUT2D eigenvalue weighted by atomic mass is 16.6. The van der Waals surface area contributed by atoms with Gasteiger partial charge in [0.05, 0.1) is 12.2 Å². The summed E-state index contributed by atoms with van der Waals surface area (Å²) in [5.41, 5.74) is 8.29. The maximum Gasteiger partial charge on any atom is 0.410 e. The van der Waals surface area contributed by atoms with E-state index in [-0.39, 0.29) is 42.5 Å². The van der Waals surface area contributed by atoms with Crippen molar-refractivity contribution in [2.24, 2.45) is 17.6 Å². The van der Waals surface area contributed by atoms with Gasteiger partial charge in [-0.1, -0.05) is 60.7 Å². The number of nitrogens with zero attached hydrogens (tertiary/aromatic N) is 3. The van der Waals surface area contributed by atoms with Crippen LogP contribution in [0.5, 0.6) is 0 Å². The van der Waals surface area contributed by atoms with Gasteiger partial charge in [-0.2, -0.15) is 0 Å². The molecule has 6 rings (SSSR count). The Morgan fingerprint density at radius 2 is 1.05 bits per heavy atom. The number of benzene rings is 2. The molecule has 2 saturated heterocycles. The lowest BCUT2D eigenvalue weighted by Crippen LogP contribution is -2.53. The predicted molar refractivity (Wildman–Crippen MR) is 241 cm³/mol. The van der Waals surface area contributed by atoms with E-state index in [1.54, 1.807) is 4.90 Å². The summed E-state index contributed by atoms with van der Waals surface area (Å²) in [6.07, 6.45) is 14.9. The quantitative estimate of drug-likeness (QED) is 0.205. The standard InChI is InChI=1S/C30H42N2O3.C20H38N2O3/c1-23-19-29(20-24(2)32(23)30(33)34)35-18-17-25-13-15-28(16-14-25)31(21-26-9-5-3-6-10-26)22-27-11-7-4-8-12-27;1-14-12-18(24-11-10-16-6-8-17(21)9-7-16)13-15(2)22(14)19(23)25-20(3,4)5/h3-12,23-25,28-29H,13-22H2,1-2H3,(H,33,34);14-18H,6-13,21H2,1-5H3/t23-,24+,25-,28-,29?;14-,15+,16-,17-,18?. The molecule has 0 aromatic heterocycles. The highest BCUT2D eigenvalue weighted by Crippen LogP contribution is 2.33. The Labute approximate surface area is 362 Å². The van der Waals surface area contributed by atoms with Crippen molar-refractivity contribution in [3.63, 3.8) is 0 Å². The molecular weight excluding hydrogens is 753 g/mol. The van der Waals surface area contributed by atoms with Crippen LogP contribution in [0, 0.1) is 11.8 Å². The van der Waals surface area contributed by atoms with Gasteiger partial charge in [-0.3, -0.25) is 4.90 Å². The van der Waals surface area contributed by atoms with Crippen molar-refractivity contribution in [1.82, 2.24) is 14.7 Å². The molecule has 336 valence electrons. The first-order valence-electron chi connectivity index (χ1n) is 23.5. The number of carbonyl (C=O) groups is 2. The molecule has 3 N–H and O–H groups in total. The number of carboxylic acid groups (broad SMARTS) is 1. The minimum Gasteiger partial charge on any atom is -0.465 e. The molecule has 2 aliphatic carbocycles. The van der Waals surface area contributed by atoms with E-state index < -0.39 is 11.7 Å². The minimum absolute atomic E-state index is 0.0249. The number of likely N-dealkylation sites (tertiary alicyclic amines) is 2. The van der Waals surface area contributed by atoms with Gasteiger partial charge in [-0.15, -0.1) is 0 Å². The second kappa shape index (κ2) is 23.3. The lowest BCUT2D eigenvalue weighted by Gasteiger charge is -2.42. The van der Waals surface area contributed by atoms with E-state index in [4.69, 9.17) is 19.9 Å². The van der Waals surface area contributed by atoms with Crippen molar-refractivity contribution in [2.45, 2.75) is 206 Å². The maximum atomic E-state index is 12.4. The first kappa shape index (κ1) is 47.9. The lowest BCUT2D eigenvalue weighted by atomic mass is 9.83. The number of ether oxygens (including phenoxy) is 3. The first-order chi connectivity index (χ1) is 28.6. The van der Waals surface area contributed by atoms with Crippen molar-refractivity contribution < 1.29 is 28.9 Å². The maximum absolute atomic E-state index is 12.4. The van der Waals surface area contributed by atoms with Crippen LogP contribution in [-0.2, 0) is 27.3 Å². The van der Waals surface area contributed by atoms with Crippen LogP contribution in [0.4, 0.5) is 9.59 Å². The van der Waals surface area contributed by atoms with E-state index in [0.717, 1.165) is 89.5 Å². The van der Waals surface area contributed by atoms with Crippen LogP contribution in [0.2, 0.25) is 0 Å². The molecule has 4 aliphatic rings. The van der Waals surface area contributed by atoms with Crippen LogP contribution in [0.3, 0.4) is 0 Å². The third kappa shape index (κ3) is 15.3. The molecule has 10 nitrogen and oxygen atoms in total. The van der Waals surface area contributed by atoms with E-state index in [9.17, 15) is 14.7 Å². The molecule has 2 saturated carbocycles. The summed E-state index contributed by atoms with van der Waals surface area (Å²) in [4.78, 5) is 30.0. The van der Waals surface area contributed by atoms with Crippen LogP contribution in [0.25, 0.3) is 0 Å². The van der Waals surface area contributed by atoms with Gasteiger partial charge in [0.2, 0.25) is 0 Å². The summed E-state index contributed by atoms with van der Waals surface area (Å²) in [6.45, 7) is 17.5. The molecule has 10 heteroatoms. The monoisotopic (exact) mass is 833 g/mol. The molecule has 2 aromatic carbocycles. The zero-order valence-corrected chi connectivity index (χ0v) is 38.2. The van der Waals surface area contributed by atoms with Gasteiger partial charge in [0, 0.05) is 62.6 Å². The smallest absolute Gasteiger partial charge is 0.410 e. The molecular formula is C50H80N4O6. The van der Waals surface area contributed by atoms with Crippen LogP contribution in [0.1, 0.15) is 149 Å². The van der Waals surface area contributed by atoms with E-state index in [1.165, 1.54) is 49.7 Å². The van der Waals surface area contributed by atoms with Crippen LogP contribution >= 0.6 is 0 Å². The topological polar surface area (TPSA) is 118 Å². The summed E-state index contributed by atoms with van der Waals surface area (Å²) < 4.78 is 18.0. The molecule has 0 bridgehead atoms. The largest absolute Gasteiger partial charge is 0.465 e. The fraction of sp³-hybridized carbons (Fsp3) is 0.720. The van der Waals surface area contributed by atoms with Crippen molar-refractivity contribution in [2.75, 3.05) is 13.2 Å². The Hall–Kier alpha value is -3.18. The fourth-order valence-corrected chi connectivity index (χ4v) is 10.4. The molecule has 2 heterocycles. The van der Waals surface area contributed by atoms with Gasteiger partial charge in [0.25, 0.3) is 0 Å². The van der Waals surface area contributed by atoms with Gasteiger partial charge in [0.15, 0.2) is 0 Å². The number of carbonyl (C=O) groups excluding carboxylic acids is 1. The zero-order valence-electron chi connectivity index (χ0n) is 38.2.